The van der Waals surface area contributed by atoms with Crippen molar-refractivity contribution < 1.29 is 9.15 Å². The second-order valence-corrected chi connectivity index (χ2v) is 16.7. The maximum atomic E-state index is 6.78. The maximum absolute atomic E-state index is 6.78. The smallest absolute Gasteiger partial charge is 0.172 e. The number of fused-ring (bicyclic) bond motifs is 9. The van der Waals surface area contributed by atoms with Gasteiger partial charge in [0.05, 0.1) is 11.0 Å². The molecular formula is C58H39N3O2. The number of allylic oxidation sites excluding steroid dienone is 2. The van der Waals surface area contributed by atoms with Crippen LogP contribution in [0.3, 0.4) is 0 Å². The van der Waals surface area contributed by atoms with Crippen LogP contribution in [0.5, 0.6) is 5.75 Å². The van der Waals surface area contributed by atoms with Crippen molar-refractivity contribution in [2.45, 2.75) is 25.4 Å². The average Bonchev–Trinajstić information content (AvgIpc) is 4.03. The van der Waals surface area contributed by atoms with E-state index in [1.807, 2.05) is 0 Å². The van der Waals surface area contributed by atoms with Gasteiger partial charge in [-0.25, -0.2) is 9.97 Å². The molecule has 3 aliphatic rings. The zero-order valence-corrected chi connectivity index (χ0v) is 34.3. The summed E-state index contributed by atoms with van der Waals surface area (Å²) in [5.41, 5.74) is 18.8. The first-order valence-corrected chi connectivity index (χ1v) is 21.8. The molecule has 3 aromatic heterocycles. The van der Waals surface area contributed by atoms with Crippen LogP contribution in [-0.4, -0.2) is 20.6 Å². The second-order valence-electron chi connectivity index (χ2n) is 16.7. The lowest BCUT2D eigenvalue weighted by Crippen LogP contribution is -2.27. The van der Waals surface area contributed by atoms with Crippen LogP contribution >= 0.6 is 0 Å². The molecule has 0 saturated carbocycles. The van der Waals surface area contributed by atoms with Crippen LogP contribution in [0.4, 0.5) is 0 Å². The van der Waals surface area contributed by atoms with E-state index in [9.17, 15) is 0 Å². The lowest BCUT2D eigenvalue weighted by molar-refractivity contribution is 0.277. The average molecular weight is 810 g/mol. The minimum Gasteiger partial charge on any atom is -0.481 e. The Morgan fingerprint density at radius 2 is 1.17 bits per heavy atom. The summed E-state index contributed by atoms with van der Waals surface area (Å²) in [7, 11) is 0. The van der Waals surface area contributed by atoms with Crippen molar-refractivity contribution in [2.75, 3.05) is 0 Å². The van der Waals surface area contributed by atoms with Crippen molar-refractivity contribution in [2.24, 2.45) is 0 Å². The third kappa shape index (κ3) is 5.84. The number of para-hydroxylation sites is 2. The fourth-order valence-electron chi connectivity index (χ4n) is 10.1. The van der Waals surface area contributed by atoms with Gasteiger partial charge in [-0.05, 0) is 124 Å². The molecule has 7 aromatic carbocycles. The predicted molar refractivity (Wildman–Crippen MR) is 256 cm³/mol. The maximum Gasteiger partial charge on any atom is 0.172 e. The number of nitrogens with zero attached hydrogens (tertiary/aromatic N) is 3. The Labute approximate surface area is 363 Å². The van der Waals surface area contributed by atoms with Gasteiger partial charge in [-0.2, -0.15) is 0 Å². The molecule has 5 heteroatoms. The largest absolute Gasteiger partial charge is 0.481 e. The number of rotatable bonds is 6. The normalized spacial score (nSPS) is 15.4. The SMILES string of the molecule is C1=C(c2ccc(-c3ccccc3)cc2)C=C2c3ncnc(C4=c5c(oc6ccc(-c7cccc(-c8ccc9c(c8)c8ccccc8n9-c8ccccc8)c7)cc56)=CCC4)c3OC2C1. The monoisotopic (exact) mass is 809 g/mol. The second kappa shape index (κ2) is 14.3. The third-order valence-electron chi connectivity index (χ3n) is 13.1. The van der Waals surface area contributed by atoms with Gasteiger partial charge >= 0.3 is 0 Å². The van der Waals surface area contributed by atoms with Crippen molar-refractivity contribution in [3.63, 3.8) is 0 Å². The van der Waals surface area contributed by atoms with Crippen molar-refractivity contribution in [1.29, 1.82) is 0 Å². The van der Waals surface area contributed by atoms with Crippen molar-refractivity contribution in [1.82, 2.24) is 14.5 Å². The van der Waals surface area contributed by atoms with E-state index in [0.29, 0.717) is 0 Å². The van der Waals surface area contributed by atoms with Gasteiger partial charge in [-0.3, -0.25) is 0 Å². The van der Waals surface area contributed by atoms with Gasteiger partial charge in [-0.1, -0.05) is 127 Å². The third-order valence-corrected chi connectivity index (χ3v) is 13.1. The van der Waals surface area contributed by atoms with Crippen LogP contribution in [0.25, 0.3) is 94.6 Å². The van der Waals surface area contributed by atoms with E-state index in [1.165, 1.54) is 55.2 Å². The standard InChI is InChI=1S/C58H39N3O2/c1-3-11-36(12-4-1)37-21-23-38(24-22-37)41-26-30-53-49(34-41)57-58(63-53)56(59-35-60-57)46-18-10-20-54-55(46)48-33-43(27-29-52(48)62-54)40-14-9-13-39(31-40)42-25-28-51-47(32-42)45-17-7-8-19-50(45)61(51)44-15-5-2-6-16-44/h1-9,11-17,19-29,31-35,53H,10,18,30H2. The molecule has 5 nitrogen and oxygen atoms in total. The van der Waals surface area contributed by atoms with Crippen LogP contribution in [0.2, 0.25) is 0 Å². The molecule has 0 N–H and O–H groups in total. The molecule has 13 rings (SSSR count). The van der Waals surface area contributed by atoms with E-state index >= 15 is 0 Å². The quantitative estimate of drug-likeness (QED) is 0.168. The van der Waals surface area contributed by atoms with Crippen molar-refractivity contribution in [3.05, 3.63) is 216 Å². The van der Waals surface area contributed by atoms with E-state index in [2.05, 4.69) is 193 Å². The summed E-state index contributed by atoms with van der Waals surface area (Å²) >= 11 is 0. The van der Waals surface area contributed by atoms with Crippen LogP contribution in [0, 0.1) is 0 Å². The van der Waals surface area contributed by atoms with Crippen molar-refractivity contribution in [3.8, 4) is 44.8 Å². The summed E-state index contributed by atoms with van der Waals surface area (Å²) in [6.07, 6.45) is 10.8. The van der Waals surface area contributed by atoms with Crippen LogP contribution < -0.4 is 15.4 Å². The summed E-state index contributed by atoms with van der Waals surface area (Å²) < 4.78 is 15.7. The molecular weight excluding hydrogens is 771 g/mol. The molecule has 63 heavy (non-hydrogen) atoms. The minimum atomic E-state index is -0.0961. The molecule has 0 radical (unpaired) electrons. The van der Waals surface area contributed by atoms with Gasteiger partial charge in [0, 0.05) is 39.1 Å². The topological polar surface area (TPSA) is 53.1 Å². The van der Waals surface area contributed by atoms with E-state index in [1.54, 1.807) is 6.33 Å². The first-order chi connectivity index (χ1) is 31.2. The van der Waals surface area contributed by atoms with Gasteiger partial charge in [0.15, 0.2) is 5.75 Å². The fourth-order valence-corrected chi connectivity index (χ4v) is 10.1. The van der Waals surface area contributed by atoms with E-state index in [4.69, 9.17) is 19.1 Å². The first kappa shape index (κ1) is 35.7. The molecule has 0 spiro atoms. The van der Waals surface area contributed by atoms with Gasteiger partial charge in [-0.15, -0.1) is 0 Å². The summed E-state index contributed by atoms with van der Waals surface area (Å²) in [5, 5.41) is 4.67. The Morgan fingerprint density at radius 1 is 0.524 bits per heavy atom. The van der Waals surface area contributed by atoms with E-state index in [0.717, 1.165) is 86.0 Å². The molecule has 0 saturated heterocycles. The summed E-state index contributed by atoms with van der Waals surface area (Å²) in [5.74, 6) is 0.771. The Bertz CT molecular complexity index is 3670. The fraction of sp³-hybridized carbons (Fsp3) is 0.0690. The van der Waals surface area contributed by atoms with Crippen molar-refractivity contribution >= 4 is 55.6 Å². The van der Waals surface area contributed by atoms with Crippen LogP contribution in [-0.2, 0) is 0 Å². The molecule has 0 amide bonds. The number of ether oxygens (including phenoxy) is 1. The molecule has 298 valence electrons. The van der Waals surface area contributed by atoms with Gasteiger partial charge < -0.3 is 13.7 Å². The zero-order valence-electron chi connectivity index (χ0n) is 34.3. The lowest BCUT2D eigenvalue weighted by Gasteiger charge is -2.17. The number of benzene rings is 7. The Kier molecular flexibility index (Phi) is 8.10. The molecule has 10 aromatic rings. The molecule has 2 aliphatic carbocycles. The molecule has 1 unspecified atom stereocenters. The number of hydrogen-bond acceptors (Lipinski definition) is 4. The van der Waals surface area contributed by atoms with Crippen LogP contribution in [0.1, 0.15) is 36.2 Å². The highest BCUT2D eigenvalue weighted by molar-refractivity contribution is 6.10. The van der Waals surface area contributed by atoms with Gasteiger partial charge in [0.25, 0.3) is 0 Å². The van der Waals surface area contributed by atoms with E-state index in [-0.39, 0.29) is 6.10 Å². The molecule has 1 atom stereocenters. The van der Waals surface area contributed by atoms with Crippen LogP contribution in [0.15, 0.2) is 193 Å². The molecule has 0 fully saturated rings. The highest BCUT2D eigenvalue weighted by atomic mass is 16.5. The number of hydrogen-bond donors (Lipinski definition) is 0. The first-order valence-electron chi connectivity index (χ1n) is 21.8. The minimum absolute atomic E-state index is 0.0961. The number of furan rings is 1. The number of aromatic nitrogens is 3. The Hall–Kier alpha value is -8.02. The predicted octanol–water partition coefficient (Wildman–Crippen LogP) is 12.7. The van der Waals surface area contributed by atoms with Gasteiger partial charge in [0.2, 0.25) is 0 Å². The molecule has 0 bridgehead atoms. The highest BCUT2D eigenvalue weighted by Gasteiger charge is 2.35. The summed E-state index contributed by atoms with van der Waals surface area (Å²) in [4.78, 5) is 9.79. The van der Waals surface area contributed by atoms with Gasteiger partial charge in [0.1, 0.15) is 34.8 Å². The summed E-state index contributed by atoms with van der Waals surface area (Å²) in [6.45, 7) is 0. The summed E-state index contributed by atoms with van der Waals surface area (Å²) in [6, 6.07) is 61.0. The molecule has 4 heterocycles. The Balaban J connectivity index is 0.869. The molecule has 1 aliphatic heterocycles. The zero-order chi connectivity index (χ0) is 41.4. The van der Waals surface area contributed by atoms with E-state index < -0.39 is 0 Å². The lowest BCUT2D eigenvalue weighted by atomic mass is 9.90. The Morgan fingerprint density at radius 3 is 2.02 bits per heavy atom. The highest BCUT2D eigenvalue weighted by Crippen LogP contribution is 2.45.